The van der Waals surface area contributed by atoms with Gasteiger partial charge in [-0.3, -0.25) is 4.72 Å². The summed E-state index contributed by atoms with van der Waals surface area (Å²) in [6.07, 6.45) is -0.320. The van der Waals surface area contributed by atoms with E-state index in [2.05, 4.69) is 15.4 Å². The third-order valence-electron chi connectivity index (χ3n) is 3.94. The van der Waals surface area contributed by atoms with Crippen molar-refractivity contribution in [1.82, 2.24) is 5.32 Å². The molecule has 2 aromatic carbocycles. The smallest absolute Gasteiger partial charge is 0.319 e. The van der Waals surface area contributed by atoms with E-state index in [0.29, 0.717) is 16.7 Å². The molecule has 0 aliphatic carbocycles. The molecule has 0 fully saturated rings. The molecule has 3 N–H and O–H groups in total. The van der Waals surface area contributed by atoms with E-state index in [4.69, 9.17) is 0 Å². The van der Waals surface area contributed by atoms with Crippen LogP contribution in [0.2, 0.25) is 0 Å². The number of sulfonamides is 1. The van der Waals surface area contributed by atoms with Gasteiger partial charge in [0.15, 0.2) is 0 Å². The first-order valence-corrected chi connectivity index (χ1v) is 10.7. The molecule has 0 aliphatic heterocycles. The van der Waals surface area contributed by atoms with Crippen molar-refractivity contribution in [3.05, 3.63) is 54.6 Å². The zero-order chi connectivity index (χ0) is 22.4. The number of carboxylic acid groups (broad SMARTS) is 1. The minimum atomic E-state index is -3.76. The van der Waals surface area contributed by atoms with E-state index >= 15 is 0 Å². The Kier molecular flexibility index (Phi) is 7.41. The lowest BCUT2D eigenvalue weighted by Gasteiger charge is -2.30. The molecule has 0 heterocycles. The Labute approximate surface area is 176 Å². The minimum Gasteiger partial charge on any atom is -0.550 e. The summed E-state index contributed by atoms with van der Waals surface area (Å²) in [4.78, 5) is 23.4. The highest BCUT2D eigenvalue weighted by molar-refractivity contribution is 7.92. The number of amides is 2. The molecule has 9 nitrogen and oxygen atoms in total. The van der Waals surface area contributed by atoms with Crippen LogP contribution in [0.5, 0.6) is 0 Å². The molecule has 30 heavy (non-hydrogen) atoms. The predicted octanol–water partition coefficient (Wildman–Crippen LogP) is 0.824. The summed E-state index contributed by atoms with van der Waals surface area (Å²) >= 11 is 0. The number of carboxylic acids is 1. The van der Waals surface area contributed by atoms with Gasteiger partial charge in [-0.15, -0.1) is 0 Å². The molecule has 0 saturated carbocycles. The summed E-state index contributed by atoms with van der Waals surface area (Å²) in [6, 6.07) is 12.9. The summed E-state index contributed by atoms with van der Waals surface area (Å²) < 4.78 is 27.8. The van der Waals surface area contributed by atoms with Crippen molar-refractivity contribution < 1.29 is 27.6 Å². The number of carbonyl (C=O) groups is 2. The van der Waals surface area contributed by atoms with Gasteiger partial charge < -0.3 is 25.0 Å². The zero-order valence-electron chi connectivity index (χ0n) is 17.1. The van der Waals surface area contributed by atoms with E-state index in [1.54, 1.807) is 36.4 Å². The number of hydrogen-bond donors (Lipinski definition) is 3. The highest BCUT2D eigenvalue weighted by Crippen LogP contribution is 2.19. The summed E-state index contributed by atoms with van der Waals surface area (Å²) in [6.45, 7) is 0.387. The van der Waals surface area contributed by atoms with Crippen LogP contribution in [0.15, 0.2) is 59.5 Å². The maximum atomic E-state index is 12.4. The lowest BCUT2D eigenvalue weighted by Crippen LogP contribution is -2.51. The van der Waals surface area contributed by atoms with Crippen molar-refractivity contribution in [1.29, 1.82) is 0 Å². The molecule has 0 radical (unpaired) electrons. The topological polar surface area (TPSA) is 127 Å². The van der Waals surface area contributed by atoms with Gasteiger partial charge in [0.2, 0.25) is 0 Å². The van der Waals surface area contributed by atoms with Crippen LogP contribution in [0, 0.1) is 0 Å². The number of aliphatic carboxylic acids is 1. The van der Waals surface area contributed by atoms with Crippen LogP contribution in [-0.4, -0.2) is 58.6 Å². The number of benzene rings is 2. The largest absolute Gasteiger partial charge is 0.550 e. The standard InChI is InChI=1S/C20H26N4O5S/c1-24(2,3)14-17(13-19(25)26)22-20(27)21-15-8-7-9-16(12-15)23-30(28,29)18-10-5-4-6-11-18/h4-12,17,23H,13-14H2,1-3H3,(H2-,21,22,25,26,27). The number of nitrogens with one attached hydrogen (secondary N) is 3. The van der Waals surface area contributed by atoms with Crippen molar-refractivity contribution >= 4 is 33.4 Å². The maximum Gasteiger partial charge on any atom is 0.319 e. The molecule has 2 aromatic rings. The molecular formula is C20H26N4O5S. The van der Waals surface area contributed by atoms with E-state index in [-0.39, 0.29) is 17.0 Å². The van der Waals surface area contributed by atoms with Crippen LogP contribution in [0.4, 0.5) is 16.2 Å². The second kappa shape index (κ2) is 9.59. The number of urea groups is 1. The van der Waals surface area contributed by atoms with Crippen LogP contribution >= 0.6 is 0 Å². The number of anilines is 2. The normalized spacial score (nSPS) is 12.6. The first-order chi connectivity index (χ1) is 13.9. The van der Waals surface area contributed by atoms with E-state index in [1.165, 1.54) is 18.2 Å². The summed E-state index contributed by atoms with van der Waals surface area (Å²) in [5.74, 6) is -1.26. The van der Waals surface area contributed by atoms with Gasteiger partial charge in [-0.05, 0) is 30.3 Å². The second-order valence-electron chi connectivity index (χ2n) is 7.84. The molecule has 0 spiro atoms. The van der Waals surface area contributed by atoms with Crippen molar-refractivity contribution in [2.75, 3.05) is 37.7 Å². The van der Waals surface area contributed by atoms with E-state index in [0.717, 1.165) is 0 Å². The van der Waals surface area contributed by atoms with Gasteiger partial charge in [0.1, 0.15) is 0 Å². The molecule has 2 amide bonds. The third-order valence-corrected chi connectivity index (χ3v) is 5.34. The highest BCUT2D eigenvalue weighted by atomic mass is 32.2. The van der Waals surface area contributed by atoms with Gasteiger partial charge in [0.25, 0.3) is 10.0 Å². The molecule has 2 rings (SSSR count). The average molecular weight is 435 g/mol. The number of hydrogen-bond acceptors (Lipinski definition) is 5. The molecule has 0 bridgehead atoms. The fourth-order valence-electron chi connectivity index (χ4n) is 2.85. The lowest BCUT2D eigenvalue weighted by atomic mass is 10.2. The van der Waals surface area contributed by atoms with Crippen molar-refractivity contribution in [2.24, 2.45) is 0 Å². The number of rotatable bonds is 9. The minimum absolute atomic E-state index is 0.117. The zero-order valence-corrected chi connectivity index (χ0v) is 17.9. The van der Waals surface area contributed by atoms with Crippen molar-refractivity contribution in [3.63, 3.8) is 0 Å². The fourth-order valence-corrected chi connectivity index (χ4v) is 3.92. The number of nitrogens with zero attached hydrogens (tertiary/aromatic N) is 1. The molecule has 0 aromatic heterocycles. The maximum absolute atomic E-state index is 12.4. The molecule has 0 saturated heterocycles. The Bertz CT molecular complexity index is 988. The number of carbonyl (C=O) groups excluding carboxylic acids is 2. The van der Waals surface area contributed by atoms with Crippen molar-refractivity contribution in [2.45, 2.75) is 17.4 Å². The lowest BCUT2D eigenvalue weighted by molar-refractivity contribution is -0.871. The molecule has 1 unspecified atom stereocenters. The van der Waals surface area contributed by atoms with E-state index < -0.39 is 28.1 Å². The Hall–Kier alpha value is -3.11. The molecule has 1 atom stereocenters. The van der Waals surface area contributed by atoms with E-state index in [1.807, 2.05) is 21.1 Å². The third kappa shape index (κ3) is 7.72. The monoisotopic (exact) mass is 434 g/mol. The first-order valence-electron chi connectivity index (χ1n) is 9.20. The quantitative estimate of drug-likeness (QED) is 0.504. The predicted molar refractivity (Wildman–Crippen MR) is 112 cm³/mol. The second-order valence-corrected chi connectivity index (χ2v) is 9.53. The SMILES string of the molecule is C[N+](C)(C)CC(CC(=O)[O-])NC(=O)Nc1cccc(NS(=O)(=O)c2ccccc2)c1. The fraction of sp³-hybridized carbons (Fsp3) is 0.300. The Morgan fingerprint density at radius 2 is 1.63 bits per heavy atom. The van der Waals surface area contributed by atoms with Crippen LogP contribution in [-0.2, 0) is 14.8 Å². The van der Waals surface area contributed by atoms with Crippen LogP contribution in [0.3, 0.4) is 0 Å². The van der Waals surface area contributed by atoms with Crippen LogP contribution in [0.1, 0.15) is 6.42 Å². The van der Waals surface area contributed by atoms with Gasteiger partial charge in [-0.1, -0.05) is 24.3 Å². The Morgan fingerprint density at radius 3 is 2.23 bits per heavy atom. The summed E-state index contributed by atoms with van der Waals surface area (Å²) in [5.41, 5.74) is 0.618. The summed E-state index contributed by atoms with van der Waals surface area (Å²) in [5, 5.41) is 16.2. The number of likely N-dealkylation sites (N-methyl/N-ethyl adjacent to an activating group) is 1. The van der Waals surface area contributed by atoms with Crippen LogP contribution in [0.25, 0.3) is 0 Å². The average Bonchev–Trinajstić information content (AvgIpc) is 2.60. The molecular weight excluding hydrogens is 408 g/mol. The summed E-state index contributed by atoms with van der Waals surface area (Å²) in [7, 11) is 1.87. The van der Waals surface area contributed by atoms with Crippen molar-refractivity contribution in [3.8, 4) is 0 Å². The Morgan fingerprint density at radius 1 is 1.00 bits per heavy atom. The van der Waals surface area contributed by atoms with Gasteiger partial charge in [0.05, 0.1) is 44.3 Å². The van der Waals surface area contributed by atoms with Gasteiger partial charge in [-0.2, -0.15) is 0 Å². The molecule has 10 heteroatoms. The first kappa shape index (κ1) is 23.2. The molecule has 0 aliphatic rings. The Balaban J connectivity index is 2.06. The van der Waals surface area contributed by atoms with E-state index in [9.17, 15) is 23.1 Å². The van der Waals surface area contributed by atoms with Gasteiger partial charge in [-0.25, -0.2) is 13.2 Å². The van der Waals surface area contributed by atoms with Gasteiger partial charge in [0, 0.05) is 18.1 Å². The molecule has 162 valence electrons. The van der Waals surface area contributed by atoms with Gasteiger partial charge >= 0.3 is 6.03 Å². The highest BCUT2D eigenvalue weighted by Gasteiger charge is 2.21. The van der Waals surface area contributed by atoms with Crippen LogP contribution < -0.4 is 20.5 Å². The number of quaternary nitrogens is 1.